The molecule has 16 heavy (non-hydrogen) atoms. The van der Waals surface area contributed by atoms with Gasteiger partial charge in [0.1, 0.15) is 0 Å². The molecule has 1 unspecified atom stereocenters. The van der Waals surface area contributed by atoms with E-state index in [9.17, 15) is 13.2 Å². The van der Waals surface area contributed by atoms with E-state index in [4.69, 9.17) is 5.73 Å². The first-order chi connectivity index (χ1) is 7.45. The van der Waals surface area contributed by atoms with Gasteiger partial charge in [-0.1, -0.05) is 12.1 Å². The van der Waals surface area contributed by atoms with Crippen molar-refractivity contribution < 1.29 is 13.2 Å². The van der Waals surface area contributed by atoms with Gasteiger partial charge in [-0.15, -0.1) is 0 Å². The van der Waals surface area contributed by atoms with Crippen LogP contribution in [0.1, 0.15) is 17.0 Å². The zero-order valence-corrected chi connectivity index (χ0v) is 8.88. The fourth-order valence-corrected chi connectivity index (χ4v) is 2.27. The van der Waals surface area contributed by atoms with Crippen molar-refractivity contribution in [1.82, 2.24) is 0 Å². The first-order valence-electron chi connectivity index (χ1n) is 5.06. The highest BCUT2D eigenvalue weighted by atomic mass is 19.4. The van der Waals surface area contributed by atoms with Crippen molar-refractivity contribution in [2.45, 2.75) is 12.1 Å². The fraction of sp³-hybridized carbons (Fsp3) is 0.455. The number of likely N-dealkylation sites (N-methyl/N-ethyl adjacent to an activating group) is 1. The van der Waals surface area contributed by atoms with Crippen molar-refractivity contribution in [3.63, 3.8) is 0 Å². The topological polar surface area (TPSA) is 29.3 Å². The largest absolute Gasteiger partial charge is 0.418 e. The monoisotopic (exact) mass is 230 g/mol. The highest BCUT2D eigenvalue weighted by molar-refractivity contribution is 5.65. The van der Waals surface area contributed by atoms with Gasteiger partial charge in [-0.3, -0.25) is 0 Å². The summed E-state index contributed by atoms with van der Waals surface area (Å²) < 4.78 is 38.4. The van der Waals surface area contributed by atoms with Gasteiger partial charge in [-0.25, -0.2) is 0 Å². The van der Waals surface area contributed by atoms with Crippen LogP contribution in [0, 0.1) is 0 Å². The van der Waals surface area contributed by atoms with Crippen molar-refractivity contribution in [3.8, 4) is 0 Å². The second-order valence-electron chi connectivity index (χ2n) is 4.05. The van der Waals surface area contributed by atoms with Crippen LogP contribution in [-0.2, 0) is 6.18 Å². The average molecular weight is 230 g/mol. The number of para-hydroxylation sites is 1. The normalized spacial score (nSPS) is 20.1. The lowest BCUT2D eigenvalue weighted by molar-refractivity contribution is -0.137. The number of halogens is 3. The molecule has 0 aromatic heterocycles. The van der Waals surface area contributed by atoms with Gasteiger partial charge in [-0.05, 0) is 11.6 Å². The predicted octanol–water partition coefficient (Wildman–Crippen LogP) is 2.20. The van der Waals surface area contributed by atoms with E-state index in [-0.39, 0.29) is 11.6 Å². The van der Waals surface area contributed by atoms with Crippen molar-refractivity contribution in [1.29, 1.82) is 0 Å². The Morgan fingerprint density at radius 1 is 1.44 bits per heavy atom. The van der Waals surface area contributed by atoms with Gasteiger partial charge >= 0.3 is 6.18 Å². The molecule has 5 heteroatoms. The van der Waals surface area contributed by atoms with Gasteiger partial charge in [0, 0.05) is 26.1 Å². The summed E-state index contributed by atoms with van der Waals surface area (Å²) in [5.74, 6) is 0.00213. The number of benzene rings is 1. The Labute approximate surface area is 91.8 Å². The number of hydrogen-bond acceptors (Lipinski definition) is 2. The number of nitrogens with zero attached hydrogens (tertiary/aromatic N) is 1. The van der Waals surface area contributed by atoms with Crippen LogP contribution in [0.25, 0.3) is 0 Å². The SMILES string of the molecule is CN1CC(CN)c2cccc(C(F)(F)F)c21. The minimum absolute atomic E-state index is 0.00213. The van der Waals surface area contributed by atoms with E-state index in [0.29, 0.717) is 18.7 Å². The molecule has 1 aliphatic rings. The van der Waals surface area contributed by atoms with Crippen molar-refractivity contribution in [3.05, 3.63) is 29.3 Å². The number of hydrogen-bond donors (Lipinski definition) is 1. The molecule has 1 aromatic rings. The van der Waals surface area contributed by atoms with E-state index in [0.717, 1.165) is 6.07 Å². The van der Waals surface area contributed by atoms with Gasteiger partial charge < -0.3 is 10.6 Å². The number of fused-ring (bicyclic) bond motifs is 1. The molecule has 0 spiro atoms. The third-order valence-corrected chi connectivity index (χ3v) is 2.97. The lowest BCUT2D eigenvalue weighted by atomic mass is 9.99. The molecule has 1 aromatic carbocycles. The Morgan fingerprint density at radius 2 is 2.12 bits per heavy atom. The maximum Gasteiger partial charge on any atom is 0.418 e. The molecule has 2 nitrogen and oxygen atoms in total. The summed E-state index contributed by atoms with van der Waals surface area (Å²) in [4.78, 5) is 1.63. The minimum Gasteiger partial charge on any atom is -0.373 e. The Kier molecular flexibility index (Phi) is 2.58. The third kappa shape index (κ3) is 1.65. The van der Waals surface area contributed by atoms with Crippen LogP contribution in [0.5, 0.6) is 0 Å². The van der Waals surface area contributed by atoms with Gasteiger partial charge in [0.25, 0.3) is 0 Å². The van der Waals surface area contributed by atoms with E-state index in [1.807, 2.05) is 0 Å². The minimum atomic E-state index is -4.30. The van der Waals surface area contributed by atoms with E-state index < -0.39 is 11.7 Å². The molecular formula is C11H13F3N2. The van der Waals surface area contributed by atoms with Crippen molar-refractivity contribution >= 4 is 5.69 Å². The summed E-state index contributed by atoms with van der Waals surface area (Å²) in [6.07, 6.45) is -4.30. The van der Waals surface area contributed by atoms with Crippen LogP contribution in [0.3, 0.4) is 0 Å². The summed E-state index contributed by atoms with van der Waals surface area (Å²) in [7, 11) is 1.67. The molecule has 0 saturated carbocycles. The van der Waals surface area contributed by atoms with Crippen molar-refractivity contribution in [2.75, 3.05) is 25.0 Å². The summed E-state index contributed by atoms with van der Waals surface area (Å²) in [5.41, 5.74) is 5.99. The van der Waals surface area contributed by atoms with Gasteiger partial charge in [0.05, 0.1) is 11.3 Å². The molecule has 2 rings (SSSR count). The molecule has 0 radical (unpaired) electrons. The van der Waals surface area contributed by atoms with Crippen LogP contribution in [0.15, 0.2) is 18.2 Å². The fourth-order valence-electron chi connectivity index (χ4n) is 2.27. The quantitative estimate of drug-likeness (QED) is 0.801. The van der Waals surface area contributed by atoms with Crippen LogP contribution < -0.4 is 10.6 Å². The highest BCUT2D eigenvalue weighted by Crippen LogP contribution is 2.44. The molecule has 0 aliphatic carbocycles. The number of alkyl halides is 3. The zero-order chi connectivity index (χ0) is 11.9. The Morgan fingerprint density at radius 3 is 2.69 bits per heavy atom. The van der Waals surface area contributed by atoms with Crippen LogP contribution >= 0.6 is 0 Å². The standard InChI is InChI=1S/C11H13F3N2/c1-16-6-7(5-15)8-3-2-4-9(10(8)16)11(12,13)14/h2-4,7H,5-6,15H2,1H3. The summed E-state index contributed by atoms with van der Waals surface area (Å²) >= 11 is 0. The lowest BCUT2D eigenvalue weighted by Gasteiger charge is -2.18. The smallest absolute Gasteiger partial charge is 0.373 e. The average Bonchev–Trinajstić information content (AvgIpc) is 2.54. The molecule has 1 heterocycles. The molecule has 2 N–H and O–H groups in total. The number of anilines is 1. The van der Waals surface area contributed by atoms with E-state index in [1.165, 1.54) is 6.07 Å². The predicted molar refractivity (Wildman–Crippen MR) is 56.5 cm³/mol. The molecule has 0 saturated heterocycles. The van der Waals surface area contributed by atoms with Crippen LogP contribution in [0.4, 0.5) is 18.9 Å². The summed E-state index contributed by atoms with van der Waals surface area (Å²) in [5, 5.41) is 0. The van der Waals surface area contributed by atoms with Crippen molar-refractivity contribution in [2.24, 2.45) is 5.73 Å². The second-order valence-corrected chi connectivity index (χ2v) is 4.05. The molecule has 1 atom stereocenters. The molecule has 0 fully saturated rings. The molecule has 0 amide bonds. The molecular weight excluding hydrogens is 217 g/mol. The van der Waals surface area contributed by atoms with Crippen LogP contribution in [-0.4, -0.2) is 20.1 Å². The number of rotatable bonds is 1. The first kappa shape index (κ1) is 11.3. The summed E-state index contributed by atoms with van der Waals surface area (Å²) in [6, 6.07) is 4.29. The number of nitrogens with two attached hydrogens (primary N) is 1. The highest BCUT2D eigenvalue weighted by Gasteiger charge is 2.38. The zero-order valence-electron chi connectivity index (χ0n) is 8.88. The third-order valence-electron chi connectivity index (χ3n) is 2.97. The van der Waals surface area contributed by atoms with Crippen LogP contribution in [0.2, 0.25) is 0 Å². The first-order valence-corrected chi connectivity index (χ1v) is 5.06. The van der Waals surface area contributed by atoms with Gasteiger partial charge in [0.15, 0.2) is 0 Å². The molecule has 0 bridgehead atoms. The van der Waals surface area contributed by atoms with Gasteiger partial charge in [-0.2, -0.15) is 13.2 Å². The van der Waals surface area contributed by atoms with Gasteiger partial charge in [0.2, 0.25) is 0 Å². The maximum atomic E-state index is 12.8. The maximum absolute atomic E-state index is 12.8. The molecule has 1 aliphatic heterocycles. The van der Waals surface area contributed by atoms with E-state index >= 15 is 0 Å². The second kappa shape index (κ2) is 3.66. The Hall–Kier alpha value is -1.23. The Balaban J connectivity index is 2.56. The Bertz CT molecular complexity index is 401. The molecule has 88 valence electrons. The van der Waals surface area contributed by atoms with E-state index in [1.54, 1.807) is 18.0 Å². The summed E-state index contributed by atoms with van der Waals surface area (Å²) in [6.45, 7) is 0.928. The lowest BCUT2D eigenvalue weighted by Crippen LogP contribution is -2.21. The van der Waals surface area contributed by atoms with E-state index in [2.05, 4.69) is 0 Å².